The van der Waals surface area contributed by atoms with Crippen LogP contribution in [-0.4, -0.2) is 25.9 Å². The molecule has 0 saturated heterocycles. The minimum Gasteiger partial charge on any atom is -0.504 e. The zero-order valence-corrected chi connectivity index (χ0v) is 11.7. The van der Waals surface area contributed by atoms with E-state index in [4.69, 9.17) is 4.74 Å². The second-order valence-electron chi connectivity index (χ2n) is 4.91. The van der Waals surface area contributed by atoms with Gasteiger partial charge in [0.25, 0.3) is 0 Å². The summed E-state index contributed by atoms with van der Waals surface area (Å²) in [5.74, 6) is 0.180. The number of para-hydroxylation sites is 1. The number of phenolic OH excluding ortho intramolecular Hbond substituents is 1. The van der Waals surface area contributed by atoms with Gasteiger partial charge in [-0.25, -0.2) is 8.42 Å². The van der Waals surface area contributed by atoms with E-state index in [9.17, 15) is 13.5 Å². The van der Waals surface area contributed by atoms with Gasteiger partial charge in [-0.15, -0.1) is 0 Å². The van der Waals surface area contributed by atoms with Gasteiger partial charge in [0, 0.05) is 0 Å². The van der Waals surface area contributed by atoms with Crippen molar-refractivity contribution in [3.05, 3.63) is 18.2 Å². The number of sulfonamides is 1. The first-order chi connectivity index (χ1) is 8.96. The average Bonchev–Trinajstić information content (AvgIpc) is 2.33. The number of hydrogen-bond acceptors (Lipinski definition) is 4. The molecule has 0 radical (unpaired) electrons. The fourth-order valence-electron chi connectivity index (χ4n) is 2.28. The maximum atomic E-state index is 11.3. The number of phenols is 1. The topological polar surface area (TPSA) is 75.6 Å². The first-order valence-corrected chi connectivity index (χ1v) is 8.31. The Morgan fingerprint density at radius 1 is 1.26 bits per heavy atom. The van der Waals surface area contributed by atoms with Gasteiger partial charge in [-0.3, -0.25) is 4.72 Å². The summed E-state index contributed by atoms with van der Waals surface area (Å²) in [7, 11) is -3.40. The van der Waals surface area contributed by atoms with E-state index in [1.807, 2.05) is 0 Å². The molecule has 1 fully saturated rings. The predicted octanol–water partition coefficient (Wildman–Crippen LogP) is 2.48. The Labute approximate surface area is 113 Å². The molecule has 106 valence electrons. The van der Waals surface area contributed by atoms with E-state index in [0.717, 1.165) is 31.9 Å². The Morgan fingerprint density at radius 2 is 1.95 bits per heavy atom. The molecule has 5 nitrogen and oxygen atoms in total. The summed E-state index contributed by atoms with van der Waals surface area (Å²) in [6, 6.07) is 4.65. The quantitative estimate of drug-likeness (QED) is 0.891. The van der Waals surface area contributed by atoms with Gasteiger partial charge in [0.15, 0.2) is 11.5 Å². The molecule has 0 amide bonds. The van der Waals surface area contributed by atoms with Gasteiger partial charge < -0.3 is 9.84 Å². The maximum Gasteiger partial charge on any atom is 0.229 e. The van der Waals surface area contributed by atoms with E-state index in [0.29, 0.717) is 0 Å². The molecule has 1 saturated carbocycles. The molecule has 1 aromatic carbocycles. The Kier molecular flexibility index (Phi) is 4.19. The highest BCUT2D eigenvalue weighted by Crippen LogP contribution is 2.37. The zero-order valence-electron chi connectivity index (χ0n) is 10.9. The summed E-state index contributed by atoms with van der Waals surface area (Å²) in [4.78, 5) is 0. The largest absolute Gasteiger partial charge is 0.504 e. The van der Waals surface area contributed by atoms with Crippen LogP contribution >= 0.6 is 0 Å². The molecular weight excluding hydrogens is 266 g/mol. The highest BCUT2D eigenvalue weighted by Gasteiger charge is 2.19. The second kappa shape index (κ2) is 5.69. The molecule has 0 atom stereocenters. The standard InChI is InChI=1S/C13H19NO4S/c1-19(16,17)14-11-8-5-9-12(15)13(11)18-10-6-3-2-4-7-10/h5,8-10,14-15H,2-4,6-7H2,1H3. The highest BCUT2D eigenvalue weighted by molar-refractivity contribution is 7.92. The van der Waals surface area contributed by atoms with Crippen LogP contribution in [0.3, 0.4) is 0 Å². The summed E-state index contributed by atoms with van der Waals surface area (Å²) in [5, 5.41) is 9.86. The van der Waals surface area contributed by atoms with E-state index < -0.39 is 10.0 Å². The van der Waals surface area contributed by atoms with E-state index >= 15 is 0 Å². The summed E-state index contributed by atoms with van der Waals surface area (Å²) in [5.41, 5.74) is 0.285. The van der Waals surface area contributed by atoms with Crippen LogP contribution in [0.25, 0.3) is 0 Å². The minimum absolute atomic E-state index is 0.0424. The summed E-state index contributed by atoms with van der Waals surface area (Å²) >= 11 is 0. The normalized spacial score (nSPS) is 17.1. The maximum absolute atomic E-state index is 11.3. The third-order valence-corrected chi connectivity index (χ3v) is 3.72. The number of anilines is 1. The Bertz CT molecular complexity index is 536. The number of nitrogens with one attached hydrogen (secondary N) is 1. The van der Waals surface area contributed by atoms with Gasteiger partial charge in [0.05, 0.1) is 18.0 Å². The SMILES string of the molecule is CS(=O)(=O)Nc1cccc(O)c1OC1CCCCC1. The van der Waals surface area contributed by atoms with Crippen LogP contribution in [0.4, 0.5) is 5.69 Å². The summed E-state index contributed by atoms with van der Waals surface area (Å²) in [6.45, 7) is 0. The van der Waals surface area contributed by atoms with E-state index in [2.05, 4.69) is 4.72 Å². The van der Waals surface area contributed by atoms with Crippen molar-refractivity contribution in [3.8, 4) is 11.5 Å². The number of aromatic hydroxyl groups is 1. The van der Waals surface area contributed by atoms with Gasteiger partial charge in [0.1, 0.15) is 0 Å². The summed E-state index contributed by atoms with van der Waals surface area (Å²) in [6.07, 6.45) is 6.40. The highest BCUT2D eigenvalue weighted by atomic mass is 32.2. The van der Waals surface area contributed by atoms with Crippen molar-refractivity contribution in [2.75, 3.05) is 11.0 Å². The van der Waals surface area contributed by atoms with Gasteiger partial charge in [-0.2, -0.15) is 0 Å². The van der Waals surface area contributed by atoms with Gasteiger partial charge in [-0.1, -0.05) is 12.5 Å². The molecule has 0 spiro atoms. The molecule has 6 heteroatoms. The Morgan fingerprint density at radius 3 is 2.58 bits per heavy atom. The van der Waals surface area contributed by atoms with E-state index in [1.54, 1.807) is 12.1 Å². The molecular formula is C13H19NO4S. The van der Waals surface area contributed by atoms with Crippen LogP contribution in [0, 0.1) is 0 Å². The number of rotatable bonds is 4. The van der Waals surface area contributed by atoms with Crippen molar-refractivity contribution in [1.82, 2.24) is 0 Å². The Hall–Kier alpha value is -1.43. The number of benzene rings is 1. The fraction of sp³-hybridized carbons (Fsp3) is 0.538. The molecule has 0 bridgehead atoms. The molecule has 0 aliphatic heterocycles. The molecule has 1 aliphatic rings. The molecule has 0 aromatic heterocycles. The van der Waals surface area contributed by atoms with Crippen molar-refractivity contribution in [2.45, 2.75) is 38.2 Å². The van der Waals surface area contributed by atoms with Crippen molar-refractivity contribution in [2.24, 2.45) is 0 Å². The molecule has 0 heterocycles. The lowest BCUT2D eigenvalue weighted by Crippen LogP contribution is -2.21. The zero-order chi connectivity index (χ0) is 13.9. The number of hydrogen-bond donors (Lipinski definition) is 2. The van der Waals surface area contributed by atoms with Gasteiger partial charge in [-0.05, 0) is 37.8 Å². The van der Waals surface area contributed by atoms with Crippen molar-refractivity contribution >= 4 is 15.7 Å². The lowest BCUT2D eigenvalue weighted by Gasteiger charge is -2.24. The van der Waals surface area contributed by atoms with E-state index in [-0.39, 0.29) is 23.3 Å². The lowest BCUT2D eigenvalue weighted by molar-refractivity contribution is 0.151. The van der Waals surface area contributed by atoms with Gasteiger partial charge in [0.2, 0.25) is 10.0 Å². The smallest absolute Gasteiger partial charge is 0.229 e. The Balaban J connectivity index is 2.21. The van der Waals surface area contributed by atoms with E-state index in [1.165, 1.54) is 12.5 Å². The lowest BCUT2D eigenvalue weighted by atomic mass is 9.98. The van der Waals surface area contributed by atoms with Crippen LogP contribution in [-0.2, 0) is 10.0 Å². The third kappa shape index (κ3) is 4.02. The van der Waals surface area contributed by atoms with Crippen molar-refractivity contribution < 1.29 is 18.3 Å². The summed E-state index contributed by atoms with van der Waals surface area (Å²) < 4.78 is 30.8. The van der Waals surface area contributed by atoms with Crippen LogP contribution in [0.5, 0.6) is 11.5 Å². The first-order valence-electron chi connectivity index (χ1n) is 6.42. The molecule has 2 rings (SSSR count). The van der Waals surface area contributed by atoms with Crippen LogP contribution in [0.2, 0.25) is 0 Å². The predicted molar refractivity (Wildman–Crippen MR) is 74.1 cm³/mol. The molecule has 1 aromatic rings. The van der Waals surface area contributed by atoms with Crippen molar-refractivity contribution in [1.29, 1.82) is 0 Å². The van der Waals surface area contributed by atoms with Crippen LogP contribution in [0.1, 0.15) is 32.1 Å². The fourth-order valence-corrected chi connectivity index (χ4v) is 2.84. The second-order valence-corrected chi connectivity index (χ2v) is 6.65. The molecule has 0 unspecified atom stereocenters. The first kappa shape index (κ1) is 14.0. The van der Waals surface area contributed by atoms with Crippen LogP contribution < -0.4 is 9.46 Å². The minimum atomic E-state index is -3.40. The average molecular weight is 285 g/mol. The molecule has 19 heavy (non-hydrogen) atoms. The monoisotopic (exact) mass is 285 g/mol. The van der Waals surface area contributed by atoms with Gasteiger partial charge >= 0.3 is 0 Å². The third-order valence-electron chi connectivity index (χ3n) is 3.13. The van der Waals surface area contributed by atoms with Crippen molar-refractivity contribution in [3.63, 3.8) is 0 Å². The van der Waals surface area contributed by atoms with Crippen LogP contribution in [0.15, 0.2) is 18.2 Å². The molecule has 2 N–H and O–H groups in total. The number of ether oxygens (including phenoxy) is 1. The molecule has 1 aliphatic carbocycles.